The smallest absolute Gasteiger partial charge is 0.302 e. The molecule has 0 radical (unpaired) electrons. The molecule has 3 saturated carbocycles. The minimum absolute atomic E-state index is 0.145. The zero-order chi connectivity index (χ0) is 21.5. The van der Waals surface area contributed by atoms with E-state index < -0.39 is 0 Å². The molecule has 0 aromatic carbocycles. The maximum absolute atomic E-state index is 11.6. The molecule has 0 saturated heterocycles. The molecule has 166 valence electrons. The van der Waals surface area contributed by atoms with Crippen molar-refractivity contribution in [2.45, 2.75) is 79.2 Å². The predicted octanol–water partition coefficient (Wildman–Crippen LogP) is 5.89. The molecule has 3 fully saturated rings. The summed E-state index contributed by atoms with van der Waals surface area (Å²) >= 11 is 0. The summed E-state index contributed by atoms with van der Waals surface area (Å²) in [7, 11) is 0. The van der Waals surface area contributed by atoms with Crippen molar-refractivity contribution in [1.29, 1.82) is 0 Å². The van der Waals surface area contributed by atoms with E-state index in [-0.39, 0.29) is 16.8 Å². The van der Waals surface area contributed by atoms with Crippen molar-refractivity contribution in [3.8, 4) is 0 Å². The van der Waals surface area contributed by atoms with E-state index in [0.717, 1.165) is 6.54 Å². The van der Waals surface area contributed by atoms with Gasteiger partial charge < -0.3 is 9.30 Å². The average molecular weight is 413 g/mol. The number of allylic oxidation sites excluding steroid dienone is 1. The van der Waals surface area contributed by atoms with Crippen molar-refractivity contribution >= 4 is 5.97 Å². The Morgan fingerprint density at radius 2 is 2.07 bits per heavy atom. The van der Waals surface area contributed by atoms with E-state index in [1.807, 2.05) is 12.5 Å². The summed E-state index contributed by atoms with van der Waals surface area (Å²) in [6.07, 6.45) is 14.7. The number of esters is 1. The van der Waals surface area contributed by atoms with Gasteiger partial charge >= 0.3 is 5.97 Å². The van der Waals surface area contributed by atoms with E-state index in [4.69, 9.17) is 4.74 Å². The van der Waals surface area contributed by atoms with E-state index in [0.29, 0.717) is 36.2 Å². The Labute approximate surface area is 182 Å². The monoisotopic (exact) mass is 412 g/mol. The molecular formula is C26H40N2O2. The number of aromatic nitrogens is 2. The highest BCUT2D eigenvalue weighted by Crippen LogP contribution is 2.64. The zero-order valence-electron chi connectivity index (χ0n) is 19.4. The molecule has 1 aromatic heterocycles. The standard InChI is InChI=1S/C26H40N2O2/c1-18-8-10-26(5,21(14-18)16-30-20(3)29)24-9-11-25(4)19(2)6-7-23(25)22(24)15-28-13-12-27-17-28/h12-13,17-18,21-24H,2,6-11,14-16H2,1,3-5H3/t18-,21+,22-,23?,24?,25+,26-/m0/s1. The highest BCUT2D eigenvalue weighted by atomic mass is 16.5. The third-order valence-corrected chi connectivity index (χ3v) is 9.50. The van der Waals surface area contributed by atoms with E-state index in [2.05, 4.69) is 43.1 Å². The minimum Gasteiger partial charge on any atom is -0.466 e. The van der Waals surface area contributed by atoms with Gasteiger partial charge in [0.05, 0.1) is 12.9 Å². The van der Waals surface area contributed by atoms with Crippen molar-refractivity contribution in [1.82, 2.24) is 9.55 Å². The molecule has 0 amide bonds. The van der Waals surface area contributed by atoms with Gasteiger partial charge in [-0.05, 0) is 78.9 Å². The molecule has 30 heavy (non-hydrogen) atoms. The first-order valence-corrected chi connectivity index (χ1v) is 12.0. The van der Waals surface area contributed by atoms with Gasteiger partial charge in [-0.3, -0.25) is 4.79 Å². The second-order valence-corrected chi connectivity index (χ2v) is 11.1. The lowest BCUT2D eigenvalue weighted by molar-refractivity contribution is -0.148. The van der Waals surface area contributed by atoms with Crippen LogP contribution >= 0.6 is 0 Å². The molecule has 2 unspecified atom stereocenters. The van der Waals surface area contributed by atoms with Gasteiger partial charge in [-0.1, -0.05) is 39.3 Å². The summed E-state index contributed by atoms with van der Waals surface area (Å²) < 4.78 is 7.90. The van der Waals surface area contributed by atoms with Gasteiger partial charge in [0, 0.05) is 25.9 Å². The van der Waals surface area contributed by atoms with Crippen LogP contribution in [0.3, 0.4) is 0 Å². The van der Waals surface area contributed by atoms with Crippen LogP contribution in [0.5, 0.6) is 0 Å². The normalized spacial score (nSPS) is 41.5. The van der Waals surface area contributed by atoms with Crippen molar-refractivity contribution in [3.05, 3.63) is 30.9 Å². The fourth-order valence-corrected chi connectivity index (χ4v) is 7.50. The van der Waals surface area contributed by atoms with Crippen LogP contribution in [0.15, 0.2) is 30.9 Å². The Morgan fingerprint density at radius 3 is 2.77 bits per heavy atom. The number of imidazole rings is 1. The first-order chi connectivity index (χ1) is 14.2. The molecule has 0 spiro atoms. The van der Waals surface area contributed by atoms with Gasteiger partial charge in [0.25, 0.3) is 0 Å². The Bertz CT molecular complexity index is 772. The first kappa shape index (κ1) is 21.6. The van der Waals surface area contributed by atoms with Crippen molar-refractivity contribution in [3.63, 3.8) is 0 Å². The molecule has 4 heteroatoms. The average Bonchev–Trinajstić information content (AvgIpc) is 3.31. The molecular weight excluding hydrogens is 372 g/mol. The summed E-state index contributed by atoms with van der Waals surface area (Å²) in [4.78, 5) is 15.9. The van der Waals surface area contributed by atoms with Crippen LogP contribution in [0, 0.1) is 40.4 Å². The third kappa shape index (κ3) is 3.76. The van der Waals surface area contributed by atoms with Gasteiger partial charge in [0.15, 0.2) is 0 Å². The van der Waals surface area contributed by atoms with E-state index >= 15 is 0 Å². The summed E-state index contributed by atoms with van der Waals surface area (Å²) in [5.41, 5.74) is 1.98. The maximum Gasteiger partial charge on any atom is 0.302 e. The lowest BCUT2D eigenvalue weighted by Gasteiger charge is -2.57. The van der Waals surface area contributed by atoms with Crippen LogP contribution in [0.25, 0.3) is 0 Å². The van der Waals surface area contributed by atoms with Crippen LogP contribution in [0.1, 0.15) is 72.6 Å². The van der Waals surface area contributed by atoms with Crippen molar-refractivity contribution in [2.24, 2.45) is 40.4 Å². The fourth-order valence-electron chi connectivity index (χ4n) is 7.50. The summed E-state index contributed by atoms with van der Waals surface area (Å²) in [6.45, 7) is 15.0. The second kappa shape index (κ2) is 8.16. The molecule has 7 atom stereocenters. The van der Waals surface area contributed by atoms with E-state index in [9.17, 15) is 4.79 Å². The van der Waals surface area contributed by atoms with Gasteiger partial charge in [-0.25, -0.2) is 4.98 Å². The maximum atomic E-state index is 11.6. The molecule has 3 aliphatic carbocycles. The van der Waals surface area contributed by atoms with Gasteiger partial charge in [-0.15, -0.1) is 0 Å². The molecule has 1 heterocycles. The molecule has 3 aliphatic rings. The Morgan fingerprint density at radius 1 is 1.27 bits per heavy atom. The number of rotatable bonds is 5. The molecule has 1 aromatic rings. The highest BCUT2D eigenvalue weighted by Gasteiger charge is 2.56. The zero-order valence-corrected chi connectivity index (χ0v) is 19.4. The number of hydrogen-bond acceptors (Lipinski definition) is 3. The lowest BCUT2D eigenvalue weighted by Crippen LogP contribution is -2.51. The van der Waals surface area contributed by atoms with Gasteiger partial charge in [-0.2, -0.15) is 0 Å². The largest absolute Gasteiger partial charge is 0.466 e. The Kier molecular flexibility index (Phi) is 5.89. The molecule has 0 bridgehead atoms. The summed E-state index contributed by atoms with van der Waals surface area (Å²) in [5.74, 6) is 2.98. The number of ether oxygens (including phenoxy) is 1. The van der Waals surface area contributed by atoms with Crippen molar-refractivity contribution < 1.29 is 9.53 Å². The topological polar surface area (TPSA) is 44.1 Å². The number of nitrogens with zero attached hydrogens (tertiary/aromatic N) is 2. The third-order valence-electron chi connectivity index (χ3n) is 9.50. The quantitative estimate of drug-likeness (QED) is 0.447. The Hall–Kier alpha value is -1.58. The van der Waals surface area contributed by atoms with E-state index in [1.54, 1.807) is 6.92 Å². The molecule has 4 rings (SSSR count). The predicted molar refractivity (Wildman–Crippen MR) is 120 cm³/mol. The first-order valence-electron chi connectivity index (χ1n) is 12.0. The minimum atomic E-state index is -0.145. The molecule has 0 aliphatic heterocycles. The number of hydrogen-bond donors (Lipinski definition) is 0. The van der Waals surface area contributed by atoms with Crippen LogP contribution in [-0.2, 0) is 16.1 Å². The molecule has 0 N–H and O–H groups in total. The SMILES string of the molecule is C=C1CCC2[C@H](Cn3ccnc3)C([C@@]3(C)CC[C@H](C)C[C@@H]3COC(C)=O)CC[C@]12C. The van der Waals surface area contributed by atoms with E-state index in [1.165, 1.54) is 50.5 Å². The number of carbonyl (C=O) groups excluding carboxylic acids is 1. The molecule has 4 nitrogen and oxygen atoms in total. The van der Waals surface area contributed by atoms with Crippen LogP contribution in [-0.4, -0.2) is 22.1 Å². The van der Waals surface area contributed by atoms with Gasteiger partial charge in [0.2, 0.25) is 0 Å². The van der Waals surface area contributed by atoms with Crippen molar-refractivity contribution in [2.75, 3.05) is 6.61 Å². The van der Waals surface area contributed by atoms with Gasteiger partial charge in [0.1, 0.15) is 0 Å². The summed E-state index contributed by atoms with van der Waals surface area (Å²) in [5, 5.41) is 0. The van der Waals surface area contributed by atoms with Crippen LogP contribution < -0.4 is 0 Å². The lowest BCUT2D eigenvalue weighted by atomic mass is 9.49. The fraction of sp³-hybridized carbons (Fsp3) is 0.769. The van der Waals surface area contributed by atoms with Crippen LogP contribution in [0.2, 0.25) is 0 Å². The Balaban J connectivity index is 1.66. The number of fused-ring (bicyclic) bond motifs is 1. The number of carbonyl (C=O) groups is 1. The van der Waals surface area contributed by atoms with Crippen LogP contribution in [0.4, 0.5) is 0 Å². The highest BCUT2D eigenvalue weighted by molar-refractivity contribution is 5.65. The summed E-state index contributed by atoms with van der Waals surface area (Å²) in [6, 6.07) is 0. The second-order valence-electron chi connectivity index (χ2n) is 11.1.